The smallest absolute Gasteiger partial charge is 0.263 e. The third-order valence-electron chi connectivity index (χ3n) is 10.9. The highest BCUT2D eigenvalue weighted by molar-refractivity contribution is 7.90. The number of fused-ring (bicyclic) bond motifs is 5. The van der Waals surface area contributed by atoms with Crippen molar-refractivity contribution in [2.45, 2.75) is 94.2 Å². The molecule has 56 heavy (non-hydrogen) atoms. The van der Waals surface area contributed by atoms with E-state index in [0.717, 1.165) is 24.4 Å². The third kappa shape index (κ3) is 7.96. The molecule has 4 aromatic rings. The number of nitrogens with zero attached hydrogens (tertiary/aromatic N) is 3. The van der Waals surface area contributed by atoms with Crippen LogP contribution in [0.25, 0.3) is 21.7 Å². The van der Waals surface area contributed by atoms with Crippen molar-refractivity contribution in [3.63, 3.8) is 0 Å². The number of hydrogen-bond acceptors (Lipinski definition) is 10. The average Bonchev–Trinajstić information content (AvgIpc) is 3.46. The van der Waals surface area contributed by atoms with E-state index in [-0.39, 0.29) is 43.6 Å². The summed E-state index contributed by atoms with van der Waals surface area (Å²) in [7, 11) is -4.06. The molecule has 1 saturated carbocycles. The molecule has 7 rings (SSSR count). The van der Waals surface area contributed by atoms with Gasteiger partial charge in [-0.25, -0.2) is 26.6 Å². The number of benzene rings is 2. The minimum atomic E-state index is -4.06. The molecular formula is C39H42F2N6O7S2. The van der Waals surface area contributed by atoms with Crippen LogP contribution >= 0.6 is 11.5 Å². The zero-order valence-corrected chi connectivity index (χ0v) is 32.4. The molecule has 2 aromatic carbocycles. The maximum atomic E-state index is 14.6. The molecule has 13 nitrogen and oxygen atoms in total. The van der Waals surface area contributed by atoms with Crippen molar-refractivity contribution >= 4 is 66.9 Å². The summed E-state index contributed by atoms with van der Waals surface area (Å²) >= 11 is 0.976. The fourth-order valence-corrected chi connectivity index (χ4v) is 9.02. The summed E-state index contributed by atoms with van der Waals surface area (Å²) in [6.45, 7) is 3.03. The van der Waals surface area contributed by atoms with E-state index >= 15 is 0 Å². The maximum absolute atomic E-state index is 14.6. The molecule has 296 valence electrons. The number of pyridine rings is 1. The number of halogens is 2. The Bertz CT molecular complexity index is 2320. The number of nitrogens with one attached hydrogen (secondary N) is 3. The molecule has 4 amide bonds. The summed E-state index contributed by atoms with van der Waals surface area (Å²) in [5, 5.41) is 6.14. The van der Waals surface area contributed by atoms with E-state index in [1.54, 1.807) is 6.92 Å². The lowest BCUT2D eigenvalue weighted by molar-refractivity contribution is -0.141. The first-order chi connectivity index (χ1) is 26.8. The quantitative estimate of drug-likeness (QED) is 0.165. The van der Waals surface area contributed by atoms with Gasteiger partial charge in [0.15, 0.2) is 0 Å². The van der Waals surface area contributed by atoms with Crippen molar-refractivity contribution < 1.29 is 41.1 Å². The van der Waals surface area contributed by atoms with Gasteiger partial charge in [0.05, 0.1) is 17.3 Å². The van der Waals surface area contributed by atoms with E-state index in [2.05, 4.69) is 24.7 Å². The Morgan fingerprint density at radius 2 is 1.84 bits per heavy atom. The fourth-order valence-electron chi connectivity index (χ4n) is 7.44. The third-order valence-corrected chi connectivity index (χ3v) is 13.5. The van der Waals surface area contributed by atoms with Gasteiger partial charge in [0, 0.05) is 35.4 Å². The van der Waals surface area contributed by atoms with Crippen LogP contribution in [0.3, 0.4) is 0 Å². The van der Waals surface area contributed by atoms with E-state index in [9.17, 15) is 36.4 Å². The highest BCUT2D eigenvalue weighted by Gasteiger charge is 2.61. The van der Waals surface area contributed by atoms with Crippen molar-refractivity contribution in [3.05, 3.63) is 77.3 Å². The predicted octanol–water partition coefficient (Wildman–Crippen LogP) is 4.91. The lowest BCUT2D eigenvalue weighted by Crippen LogP contribution is -2.58. The van der Waals surface area contributed by atoms with Crippen LogP contribution < -0.4 is 20.1 Å². The molecule has 0 bridgehead atoms. The molecule has 2 fully saturated rings. The van der Waals surface area contributed by atoms with Crippen LogP contribution in [-0.4, -0.2) is 81.8 Å². The number of amides is 4. The van der Waals surface area contributed by atoms with Crippen molar-refractivity contribution in [1.82, 2.24) is 29.6 Å². The van der Waals surface area contributed by atoms with Gasteiger partial charge in [0.25, 0.3) is 11.8 Å². The van der Waals surface area contributed by atoms with Gasteiger partial charge in [0.2, 0.25) is 27.7 Å². The molecular weight excluding hydrogens is 767 g/mol. The molecule has 2 aliphatic heterocycles. The van der Waals surface area contributed by atoms with E-state index in [1.165, 1.54) is 60.5 Å². The Balaban J connectivity index is 1.24. The van der Waals surface area contributed by atoms with Crippen LogP contribution in [0.4, 0.5) is 8.78 Å². The lowest BCUT2D eigenvalue weighted by Gasteiger charge is -2.30. The highest BCUT2D eigenvalue weighted by Crippen LogP contribution is 2.46. The van der Waals surface area contributed by atoms with Crippen LogP contribution in [-0.2, 0) is 24.4 Å². The standard InChI is InChI=1S/C39H42F2N6O7S2/c1-3-22(2)56(52,53)46-38(51)39-20-23(39)9-7-5-4-6-8-10-30(43-35(49)33-15-16-42-55-33)37(50)47-21-26(19-32(47)34(48)45-39)54-36-28-14-12-24(40)17-29(28)27-13-11-25(41)18-31(27)44-36/h7,9,11-18,22-23,26,30,32H,3-6,8,10,19-21H2,1-2H3,(H,43,49)(H,45,48)(H,46,51)/b9-7-/t22?,23-,26-,30+,32+,39-/m1/s1. The molecule has 2 aromatic heterocycles. The van der Waals surface area contributed by atoms with E-state index in [0.29, 0.717) is 33.9 Å². The number of ether oxygens (including phenoxy) is 1. The molecule has 3 aliphatic rings. The number of carbonyl (C=O) groups excluding carboxylic acids is 4. The van der Waals surface area contributed by atoms with Crippen molar-refractivity contribution in [1.29, 1.82) is 0 Å². The first-order valence-corrected chi connectivity index (χ1v) is 21.0. The minimum absolute atomic E-state index is 0.0345. The van der Waals surface area contributed by atoms with E-state index < -0.39 is 80.2 Å². The van der Waals surface area contributed by atoms with Gasteiger partial charge < -0.3 is 20.3 Å². The normalized spacial score (nSPS) is 25.6. The zero-order chi connectivity index (χ0) is 39.8. The molecule has 17 heteroatoms. The molecule has 4 heterocycles. The Kier molecular flexibility index (Phi) is 11.1. The first-order valence-electron chi connectivity index (χ1n) is 18.7. The largest absolute Gasteiger partial charge is 0.472 e. The number of hydrogen-bond donors (Lipinski definition) is 3. The summed E-state index contributed by atoms with van der Waals surface area (Å²) in [5.41, 5.74) is -1.38. The van der Waals surface area contributed by atoms with Crippen LogP contribution in [0.1, 0.15) is 74.9 Å². The summed E-state index contributed by atoms with van der Waals surface area (Å²) < 4.78 is 67.5. The monoisotopic (exact) mass is 808 g/mol. The average molecular weight is 809 g/mol. The van der Waals surface area contributed by atoms with Gasteiger partial charge in [-0.2, -0.15) is 0 Å². The zero-order valence-electron chi connectivity index (χ0n) is 30.8. The van der Waals surface area contributed by atoms with Crippen molar-refractivity contribution in [2.24, 2.45) is 5.92 Å². The second-order valence-electron chi connectivity index (χ2n) is 14.7. The Hall–Kier alpha value is -5.03. The van der Waals surface area contributed by atoms with Gasteiger partial charge >= 0.3 is 0 Å². The second kappa shape index (κ2) is 15.8. The fraction of sp³-hybridized carbons (Fsp3) is 0.436. The van der Waals surface area contributed by atoms with Crippen molar-refractivity contribution in [2.75, 3.05) is 6.54 Å². The van der Waals surface area contributed by atoms with Gasteiger partial charge in [0.1, 0.15) is 40.2 Å². The summed E-state index contributed by atoms with van der Waals surface area (Å²) in [5.74, 6) is -4.17. The molecule has 0 radical (unpaired) electrons. The first kappa shape index (κ1) is 39.2. The summed E-state index contributed by atoms with van der Waals surface area (Å²) in [6, 6.07) is 7.26. The molecule has 1 unspecified atom stereocenters. The predicted molar refractivity (Wildman–Crippen MR) is 205 cm³/mol. The summed E-state index contributed by atoms with van der Waals surface area (Å²) in [6.07, 6.45) is 7.66. The van der Waals surface area contributed by atoms with Crippen LogP contribution in [0.15, 0.2) is 60.8 Å². The minimum Gasteiger partial charge on any atom is -0.472 e. The van der Waals surface area contributed by atoms with Crippen molar-refractivity contribution in [3.8, 4) is 5.88 Å². The van der Waals surface area contributed by atoms with E-state index in [4.69, 9.17) is 4.74 Å². The van der Waals surface area contributed by atoms with Crippen LogP contribution in [0, 0.1) is 17.6 Å². The number of aromatic nitrogens is 2. The van der Waals surface area contributed by atoms with Crippen LogP contribution in [0.5, 0.6) is 5.88 Å². The topological polar surface area (TPSA) is 177 Å². The Labute approximate surface area is 326 Å². The molecule has 0 spiro atoms. The molecule has 1 aliphatic carbocycles. The highest BCUT2D eigenvalue weighted by atomic mass is 32.2. The molecule has 6 atom stereocenters. The van der Waals surface area contributed by atoms with Gasteiger partial charge in [-0.1, -0.05) is 31.9 Å². The van der Waals surface area contributed by atoms with Gasteiger partial charge in [-0.3, -0.25) is 23.9 Å². The maximum Gasteiger partial charge on any atom is 0.263 e. The van der Waals surface area contributed by atoms with E-state index in [1.807, 2.05) is 12.2 Å². The van der Waals surface area contributed by atoms with Gasteiger partial charge in [-0.15, -0.1) is 0 Å². The summed E-state index contributed by atoms with van der Waals surface area (Å²) in [4.78, 5) is 62.3. The number of sulfonamides is 1. The second-order valence-corrected chi connectivity index (χ2v) is 17.6. The van der Waals surface area contributed by atoms with Gasteiger partial charge in [-0.05, 0) is 92.3 Å². The lowest BCUT2D eigenvalue weighted by atomic mass is 10.0. The molecule has 1 saturated heterocycles. The van der Waals surface area contributed by atoms with Crippen LogP contribution in [0.2, 0.25) is 0 Å². The number of carbonyl (C=O) groups is 4. The molecule has 3 N–H and O–H groups in total. The number of allylic oxidation sites excluding steroid dienone is 1. The Morgan fingerprint density at radius 1 is 1.07 bits per heavy atom. The SMILES string of the molecule is CCC(C)S(=O)(=O)NC(=O)[C@@]12C[C@H]1/C=C\CCCCC[C@H](NC(=O)c1ccns1)C(=O)N1C[C@H](Oc3nc4cc(F)ccc4c4cc(F)ccc34)C[C@H]1C(=O)N2. The Morgan fingerprint density at radius 3 is 2.59 bits per heavy atom. The number of rotatable bonds is 8.